The minimum atomic E-state index is 0.222. The van der Waals surface area contributed by atoms with E-state index in [2.05, 4.69) is 29.3 Å². The third kappa shape index (κ3) is 3.71. The maximum Gasteiger partial charge on any atom is 0.277 e. The van der Waals surface area contributed by atoms with Gasteiger partial charge in [0.1, 0.15) is 11.5 Å². The van der Waals surface area contributed by atoms with Crippen molar-refractivity contribution in [2.75, 3.05) is 14.2 Å². The molecule has 0 aliphatic carbocycles. The van der Waals surface area contributed by atoms with Crippen molar-refractivity contribution in [1.29, 1.82) is 0 Å². The SMILES string of the molecule is COc1cc(OC)cc(-c2nnc(S[C@@H](C)c3ccccc3)o2)c1. The number of benzene rings is 2. The summed E-state index contributed by atoms with van der Waals surface area (Å²) in [6.45, 7) is 2.11. The van der Waals surface area contributed by atoms with E-state index in [9.17, 15) is 0 Å². The Morgan fingerprint density at radius 1 is 0.958 bits per heavy atom. The zero-order valence-corrected chi connectivity index (χ0v) is 14.5. The Bertz CT molecular complexity index is 783. The number of nitrogens with zero attached hydrogens (tertiary/aromatic N) is 2. The maximum absolute atomic E-state index is 5.79. The Morgan fingerprint density at radius 3 is 2.25 bits per heavy atom. The third-order valence-corrected chi connectivity index (χ3v) is 4.54. The van der Waals surface area contributed by atoms with Crippen LogP contribution in [0.4, 0.5) is 0 Å². The molecule has 0 aliphatic rings. The van der Waals surface area contributed by atoms with Crippen LogP contribution in [0.1, 0.15) is 17.7 Å². The second-order valence-corrected chi connectivity index (χ2v) is 6.44. The van der Waals surface area contributed by atoms with E-state index in [0.29, 0.717) is 22.6 Å². The number of hydrogen-bond donors (Lipinski definition) is 0. The molecule has 0 saturated heterocycles. The third-order valence-electron chi connectivity index (χ3n) is 3.55. The van der Waals surface area contributed by atoms with Gasteiger partial charge >= 0.3 is 0 Å². The summed E-state index contributed by atoms with van der Waals surface area (Å²) < 4.78 is 16.3. The summed E-state index contributed by atoms with van der Waals surface area (Å²) in [6.07, 6.45) is 0. The van der Waals surface area contributed by atoms with Gasteiger partial charge in [0.15, 0.2) is 0 Å². The van der Waals surface area contributed by atoms with Crippen molar-refractivity contribution in [3.05, 3.63) is 54.1 Å². The van der Waals surface area contributed by atoms with Gasteiger partial charge in [-0.2, -0.15) is 0 Å². The molecule has 0 bridgehead atoms. The second kappa shape index (κ2) is 7.40. The summed E-state index contributed by atoms with van der Waals surface area (Å²) >= 11 is 1.53. The van der Waals surface area contributed by atoms with E-state index >= 15 is 0 Å². The average Bonchev–Trinajstić information content (AvgIpc) is 3.10. The molecule has 0 amide bonds. The minimum Gasteiger partial charge on any atom is -0.497 e. The van der Waals surface area contributed by atoms with Crippen LogP contribution >= 0.6 is 11.8 Å². The quantitative estimate of drug-likeness (QED) is 0.610. The van der Waals surface area contributed by atoms with Crippen LogP contribution in [0.15, 0.2) is 58.2 Å². The van der Waals surface area contributed by atoms with Gasteiger partial charge in [0, 0.05) is 16.9 Å². The van der Waals surface area contributed by atoms with Crippen LogP contribution in [0.3, 0.4) is 0 Å². The molecule has 0 spiro atoms. The molecule has 0 aliphatic heterocycles. The molecule has 3 aromatic rings. The molecule has 0 N–H and O–H groups in total. The molecule has 0 saturated carbocycles. The number of ether oxygens (including phenoxy) is 2. The van der Waals surface area contributed by atoms with Crippen LogP contribution in [0.2, 0.25) is 0 Å². The van der Waals surface area contributed by atoms with Crippen molar-refractivity contribution >= 4 is 11.8 Å². The zero-order chi connectivity index (χ0) is 16.9. The van der Waals surface area contributed by atoms with Crippen molar-refractivity contribution in [3.8, 4) is 23.0 Å². The molecule has 6 heteroatoms. The Hall–Kier alpha value is -2.47. The number of rotatable bonds is 6. The lowest BCUT2D eigenvalue weighted by Gasteiger charge is -2.08. The van der Waals surface area contributed by atoms with E-state index in [-0.39, 0.29) is 5.25 Å². The van der Waals surface area contributed by atoms with E-state index in [0.717, 1.165) is 5.56 Å². The molecule has 24 heavy (non-hydrogen) atoms. The van der Waals surface area contributed by atoms with Crippen molar-refractivity contribution in [2.24, 2.45) is 0 Å². The topological polar surface area (TPSA) is 57.4 Å². The molecule has 0 fully saturated rings. The lowest BCUT2D eigenvalue weighted by atomic mass is 10.2. The van der Waals surface area contributed by atoms with Crippen LogP contribution in [-0.2, 0) is 0 Å². The summed E-state index contributed by atoms with van der Waals surface area (Å²) in [4.78, 5) is 0. The number of methoxy groups -OCH3 is 2. The van der Waals surface area contributed by atoms with Crippen molar-refractivity contribution in [2.45, 2.75) is 17.4 Å². The lowest BCUT2D eigenvalue weighted by Crippen LogP contribution is -1.88. The first-order valence-electron chi connectivity index (χ1n) is 7.48. The average molecular weight is 342 g/mol. The highest BCUT2D eigenvalue weighted by atomic mass is 32.2. The van der Waals surface area contributed by atoms with Crippen molar-refractivity contribution in [1.82, 2.24) is 10.2 Å². The Balaban J connectivity index is 1.81. The van der Waals surface area contributed by atoms with E-state index in [1.54, 1.807) is 20.3 Å². The van der Waals surface area contributed by atoms with Gasteiger partial charge in [0.2, 0.25) is 5.89 Å². The first-order chi connectivity index (χ1) is 11.7. The van der Waals surface area contributed by atoms with Crippen LogP contribution in [-0.4, -0.2) is 24.4 Å². The largest absolute Gasteiger partial charge is 0.497 e. The predicted molar refractivity (Wildman–Crippen MR) is 93.6 cm³/mol. The fourth-order valence-electron chi connectivity index (χ4n) is 2.25. The van der Waals surface area contributed by atoms with E-state index in [1.807, 2.05) is 30.3 Å². The number of hydrogen-bond acceptors (Lipinski definition) is 6. The highest BCUT2D eigenvalue weighted by Crippen LogP contribution is 2.36. The molecule has 1 atom stereocenters. The van der Waals surface area contributed by atoms with E-state index in [4.69, 9.17) is 13.9 Å². The van der Waals surface area contributed by atoms with Crippen LogP contribution < -0.4 is 9.47 Å². The molecule has 124 valence electrons. The molecule has 0 radical (unpaired) electrons. The molecule has 0 unspecified atom stereocenters. The first kappa shape index (κ1) is 16.4. The monoisotopic (exact) mass is 342 g/mol. The van der Waals surface area contributed by atoms with Gasteiger partial charge in [-0.25, -0.2) is 0 Å². The molecule has 3 rings (SSSR count). The zero-order valence-electron chi connectivity index (χ0n) is 13.7. The minimum absolute atomic E-state index is 0.222. The van der Waals surface area contributed by atoms with Crippen LogP contribution in [0.5, 0.6) is 11.5 Å². The standard InChI is InChI=1S/C18H18N2O3S/c1-12(13-7-5-4-6-8-13)24-18-20-19-17(23-18)14-9-15(21-2)11-16(10-14)22-3/h4-12H,1-3H3/t12-/m0/s1. The normalized spacial score (nSPS) is 12.0. The van der Waals surface area contributed by atoms with Crippen LogP contribution in [0, 0.1) is 0 Å². The maximum atomic E-state index is 5.79. The molecular weight excluding hydrogens is 324 g/mol. The second-order valence-electron chi connectivity index (χ2n) is 5.15. The number of aromatic nitrogens is 2. The summed E-state index contributed by atoms with van der Waals surface area (Å²) in [5.74, 6) is 1.79. The van der Waals surface area contributed by atoms with Gasteiger partial charge in [-0.15, -0.1) is 10.2 Å². The predicted octanol–water partition coefficient (Wildman–Crippen LogP) is 4.61. The fourth-order valence-corrected chi connectivity index (χ4v) is 3.06. The summed E-state index contributed by atoms with van der Waals surface area (Å²) in [7, 11) is 3.21. The fraction of sp³-hybridized carbons (Fsp3) is 0.222. The number of thioether (sulfide) groups is 1. The van der Waals surface area contributed by atoms with Gasteiger partial charge < -0.3 is 13.9 Å². The Morgan fingerprint density at radius 2 is 1.62 bits per heavy atom. The highest BCUT2D eigenvalue weighted by Gasteiger charge is 2.15. The molecular formula is C18H18N2O3S. The first-order valence-corrected chi connectivity index (χ1v) is 8.36. The van der Waals surface area contributed by atoms with Gasteiger partial charge in [-0.3, -0.25) is 0 Å². The lowest BCUT2D eigenvalue weighted by molar-refractivity contribution is 0.394. The van der Waals surface area contributed by atoms with Crippen LogP contribution in [0.25, 0.3) is 11.5 Å². The Labute approximate surface area is 145 Å². The van der Waals surface area contributed by atoms with Gasteiger partial charge in [-0.05, 0) is 24.6 Å². The van der Waals surface area contributed by atoms with Gasteiger partial charge in [0.05, 0.1) is 14.2 Å². The molecule has 5 nitrogen and oxygen atoms in total. The molecule has 1 aromatic heterocycles. The Kier molecular flexibility index (Phi) is 5.05. The van der Waals surface area contributed by atoms with Gasteiger partial charge in [0.25, 0.3) is 5.22 Å². The van der Waals surface area contributed by atoms with E-state index < -0.39 is 0 Å². The van der Waals surface area contributed by atoms with Crippen molar-refractivity contribution in [3.63, 3.8) is 0 Å². The smallest absolute Gasteiger partial charge is 0.277 e. The summed E-state index contributed by atoms with van der Waals surface area (Å²) in [5.41, 5.74) is 1.98. The molecule has 2 aromatic carbocycles. The summed E-state index contributed by atoms with van der Waals surface area (Å²) in [6, 6.07) is 15.7. The highest BCUT2D eigenvalue weighted by molar-refractivity contribution is 7.99. The summed E-state index contributed by atoms with van der Waals surface area (Å²) in [5, 5.41) is 9.02. The van der Waals surface area contributed by atoms with Crippen molar-refractivity contribution < 1.29 is 13.9 Å². The van der Waals surface area contributed by atoms with Gasteiger partial charge in [-0.1, -0.05) is 42.1 Å². The molecule has 1 heterocycles. The van der Waals surface area contributed by atoms with E-state index in [1.165, 1.54) is 17.3 Å².